The van der Waals surface area contributed by atoms with Crippen LogP contribution in [-0.4, -0.2) is 19.1 Å². The van der Waals surface area contributed by atoms with Gasteiger partial charge in [0.1, 0.15) is 11.8 Å². The normalized spacial score (nSPS) is 12.0. The van der Waals surface area contributed by atoms with E-state index in [1.807, 2.05) is 30.4 Å². The van der Waals surface area contributed by atoms with E-state index in [2.05, 4.69) is 10.1 Å². The Labute approximate surface area is 143 Å². The van der Waals surface area contributed by atoms with Crippen molar-refractivity contribution in [2.24, 2.45) is 0 Å². The Hall–Kier alpha value is -2.18. The standard InChI is InChI=1S/C17H17ClF2N2O2/c1-11(12-3-2-4-13(18)9-12)21-10-16(23)22-14-5-7-15(8-6-14)24-17(19)20/h2-9,11,17,21H,10H2,1H3,(H,22,23)/p+1/t11-/m1/s1. The number of anilines is 1. The minimum absolute atomic E-state index is 0.0455. The summed E-state index contributed by atoms with van der Waals surface area (Å²) in [7, 11) is 0. The minimum Gasteiger partial charge on any atom is -0.435 e. The van der Waals surface area contributed by atoms with Crippen LogP contribution in [0, 0.1) is 0 Å². The molecule has 4 nitrogen and oxygen atoms in total. The Morgan fingerprint density at radius 1 is 1.25 bits per heavy atom. The number of rotatable bonds is 7. The largest absolute Gasteiger partial charge is 0.435 e. The van der Waals surface area contributed by atoms with E-state index in [-0.39, 0.29) is 24.2 Å². The molecule has 0 unspecified atom stereocenters. The zero-order valence-corrected chi connectivity index (χ0v) is 13.8. The van der Waals surface area contributed by atoms with Gasteiger partial charge in [0.05, 0.1) is 0 Å². The lowest BCUT2D eigenvalue weighted by Crippen LogP contribution is -2.86. The topological polar surface area (TPSA) is 54.9 Å². The minimum atomic E-state index is -2.87. The Balaban J connectivity index is 1.82. The number of ether oxygens (including phenoxy) is 1. The van der Waals surface area contributed by atoms with Crippen molar-refractivity contribution in [3.63, 3.8) is 0 Å². The predicted molar refractivity (Wildman–Crippen MR) is 88.4 cm³/mol. The van der Waals surface area contributed by atoms with Crippen LogP contribution < -0.4 is 15.4 Å². The van der Waals surface area contributed by atoms with E-state index in [0.29, 0.717) is 10.7 Å². The van der Waals surface area contributed by atoms with Gasteiger partial charge in [0.2, 0.25) is 0 Å². The van der Waals surface area contributed by atoms with Gasteiger partial charge >= 0.3 is 6.61 Å². The number of alkyl halides is 2. The summed E-state index contributed by atoms with van der Waals surface area (Å²) in [6.45, 7) is -0.661. The van der Waals surface area contributed by atoms with Gasteiger partial charge in [-0.3, -0.25) is 4.79 Å². The van der Waals surface area contributed by atoms with Gasteiger partial charge in [-0.25, -0.2) is 0 Å². The molecule has 0 bridgehead atoms. The lowest BCUT2D eigenvalue weighted by atomic mass is 10.1. The SMILES string of the molecule is C[C@@H]([NH2+]CC(=O)Nc1ccc(OC(F)F)cc1)c1cccc(Cl)c1. The molecule has 0 saturated carbocycles. The van der Waals surface area contributed by atoms with Crippen molar-refractivity contribution >= 4 is 23.2 Å². The molecule has 0 heterocycles. The van der Waals surface area contributed by atoms with Crippen molar-refractivity contribution < 1.29 is 23.6 Å². The second-order valence-electron chi connectivity index (χ2n) is 5.23. The third kappa shape index (κ3) is 5.79. The van der Waals surface area contributed by atoms with Crippen LogP contribution in [0.15, 0.2) is 48.5 Å². The summed E-state index contributed by atoms with van der Waals surface area (Å²) in [6, 6.07) is 13.3. The Bertz CT molecular complexity index is 681. The highest BCUT2D eigenvalue weighted by Crippen LogP contribution is 2.17. The van der Waals surface area contributed by atoms with Crippen molar-refractivity contribution in [3.05, 3.63) is 59.1 Å². The first-order valence-electron chi connectivity index (χ1n) is 7.37. The van der Waals surface area contributed by atoms with Crippen LogP contribution in [-0.2, 0) is 4.79 Å². The number of benzene rings is 2. The van der Waals surface area contributed by atoms with Crippen molar-refractivity contribution in [2.45, 2.75) is 19.6 Å². The van der Waals surface area contributed by atoms with Crippen LogP contribution in [0.25, 0.3) is 0 Å². The molecule has 3 N–H and O–H groups in total. The quantitative estimate of drug-likeness (QED) is 0.801. The highest BCUT2D eigenvalue weighted by atomic mass is 35.5. The molecule has 0 saturated heterocycles. The summed E-state index contributed by atoms with van der Waals surface area (Å²) in [5.41, 5.74) is 1.55. The first-order valence-corrected chi connectivity index (χ1v) is 7.75. The van der Waals surface area contributed by atoms with Crippen LogP contribution in [0.4, 0.5) is 14.5 Å². The van der Waals surface area contributed by atoms with E-state index < -0.39 is 6.61 Å². The molecule has 128 valence electrons. The Morgan fingerprint density at radius 2 is 1.96 bits per heavy atom. The number of halogens is 3. The molecule has 0 aliphatic carbocycles. The second-order valence-corrected chi connectivity index (χ2v) is 5.67. The molecule has 0 fully saturated rings. The molecule has 0 aliphatic heterocycles. The zero-order valence-electron chi connectivity index (χ0n) is 13.0. The molecule has 2 aromatic carbocycles. The van der Waals surface area contributed by atoms with Gasteiger partial charge in [0, 0.05) is 16.3 Å². The summed E-state index contributed by atoms with van der Waals surface area (Å²) in [6.07, 6.45) is 0. The molecular formula is C17H18ClF2N2O2+. The van der Waals surface area contributed by atoms with Gasteiger partial charge < -0.3 is 15.4 Å². The van der Waals surface area contributed by atoms with Gasteiger partial charge in [0.15, 0.2) is 6.54 Å². The predicted octanol–water partition coefficient (Wildman–Crippen LogP) is 3.20. The monoisotopic (exact) mass is 355 g/mol. The van der Waals surface area contributed by atoms with E-state index in [9.17, 15) is 13.6 Å². The molecule has 0 spiro atoms. The fourth-order valence-electron chi connectivity index (χ4n) is 2.14. The van der Waals surface area contributed by atoms with Gasteiger partial charge in [-0.2, -0.15) is 8.78 Å². The smallest absolute Gasteiger partial charge is 0.387 e. The highest BCUT2D eigenvalue weighted by Gasteiger charge is 2.12. The molecule has 1 atom stereocenters. The fourth-order valence-corrected chi connectivity index (χ4v) is 2.34. The van der Waals surface area contributed by atoms with Crippen LogP contribution in [0.1, 0.15) is 18.5 Å². The van der Waals surface area contributed by atoms with Crippen LogP contribution in [0.5, 0.6) is 5.75 Å². The van der Waals surface area contributed by atoms with E-state index in [0.717, 1.165) is 5.56 Å². The maximum atomic E-state index is 12.1. The average Bonchev–Trinajstić information content (AvgIpc) is 2.54. The van der Waals surface area contributed by atoms with Crippen molar-refractivity contribution in [1.29, 1.82) is 0 Å². The molecule has 2 aromatic rings. The molecule has 7 heteroatoms. The molecule has 0 aliphatic rings. The zero-order chi connectivity index (χ0) is 17.5. The van der Waals surface area contributed by atoms with Crippen LogP contribution in [0.2, 0.25) is 5.02 Å². The average molecular weight is 356 g/mol. The molecule has 0 aromatic heterocycles. The van der Waals surface area contributed by atoms with Gasteiger partial charge in [-0.05, 0) is 43.3 Å². The summed E-state index contributed by atoms with van der Waals surface area (Å²) in [5, 5.41) is 5.24. The number of amides is 1. The molecule has 2 rings (SSSR count). The number of hydrogen-bond acceptors (Lipinski definition) is 2. The second kappa shape index (κ2) is 8.61. The molecule has 0 radical (unpaired) electrons. The number of quaternary nitrogens is 1. The summed E-state index contributed by atoms with van der Waals surface area (Å²) in [5.74, 6) is -0.143. The third-order valence-electron chi connectivity index (χ3n) is 3.39. The van der Waals surface area contributed by atoms with E-state index in [1.54, 1.807) is 6.07 Å². The highest BCUT2D eigenvalue weighted by molar-refractivity contribution is 6.30. The van der Waals surface area contributed by atoms with Gasteiger partial charge in [-0.1, -0.05) is 23.7 Å². The van der Waals surface area contributed by atoms with E-state index >= 15 is 0 Å². The first-order chi connectivity index (χ1) is 11.4. The van der Waals surface area contributed by atoms with Crippen LogP contribution >= 0.6 is 11.6 Å². The Morgan fingerprint density at radius 3 is 2.58 bits per heavy atom. The molecular weight excluding hydrogens is 338 g/mol. The molecule has 24 heavy (non-hydrogen) atoms. The van der Waals surface area contributed by atoms with Crippen molar-refractivity contribution in [2.75, 3.05) is 11.9 Å². The van der Waals surface area contributed by atoms with Crippen LogP contribution in [0.3, 0.4) is 0 Å². The van der Waals surface area contributed by atoms with Crippen molar-refractivity contribution in [1.82, 2.24) is 0 Å². The number of hydrogen-bond donors (Lipinski definition) is 2. The van der Waals surface area contributed by atoms with Crippen molar-refractivity contribution in [3.8, 4) is 5.75 Å². The maximum Gasteiger partial charge on any atom is 0.387 e. The number of nitrogens with one attached hydrogen (secondary N) is 1. The number of nitrogens with two attached hydrogens (primary N) is 1. The number of carbonyl (C=O) groups excluding carboxylic acids is 1. The lowest BCUT2D eigenvalue weighted by molar-refractivity contribution is -0.682. The van der Waals surface area contributed by atoms with E-state index in [1.165, 1.54) is 24.3 Å². The number of carbonyl (C=O) groups is 1. The third-order valence-corrected chi connectivity index (χ3v) is 3.63. The molecule has 1 amide bonds. The Kier molecular flexibility index (Phi) is 6.52. The summed E-state index contributed by atoms with van der Waals surface area (Å²) in [4.78, 5) is 12.0. The summed E-state index contributed by atoms with van der Waals surface area (Å²) >= 11 is 5.95. The summed E-state index contributed by atoms with van der Waals surface area (Å²) < 4.78 is 28.4. The fraction of sp³-hybridized carbons (Fsp3) is 0.235. The maximum absolute atomic E-state index is 12.1. The lowest BCUT2D eigenvalue weighted by Gasteiger charge is -2.12. The van der Waals surface area contributed by atoms with E-state index in [4.69, 9.17) is 11.6 Å². The van der Waals surface area contributed by atoms with Gasteiger partial charge in [0.25, 0.3) is 5.91 Å². The van der Waals surface area contributed by atoms with Gasteiger partial charge in [-0.15, -0.1) is 0 Å². The first kappa shape index (κ1) is 18.2.